The van der Waals surface area contributed by atoms with Crippen molar-refractivity contribution in [1.82, 2.24) is 8.94 Å². The van der Waals surface area contributed by atoms with Gasteiger partial charge in [0.1, 0.15) is 17.3 Å². The van der Waals surface area contributed by atoms with Crippen LogP contribution in [0.3, 0.4) is 0 Å². The minimum Gasteiger partial charge on any atom is -0.303 e. The molecule has 7 heteroatoms. The fraction of sp³-hybridized carbons (Fsp3) is 0.333. The van der Waals surface area contributed by atoms with Gasteiger partial charge < -0.3 is 4.57 Å². The highest BCUT2D eigenvalue weighted by atomic mass is 35.5. The number of aromatic nitrogens is 2. The summed E-state index contributed by atoms with van der Waals surface area (Å²) in [4.78, 5) is 5.10. The van der Waals surface area contributed by atoms with Crippen LogP contribution in [-0.4, -0.2) is 8.94 Å². The van der Waals surface area contributed by atoms with E-state index in [4.69, 9.17) is 23.2 Å². The predicted octanol–water partition coefficient (Wildman–Crippen LogP) is 4.56. The van der Waals surface area contributed by atoms with E-state index < -0.39 is 5.82 Å². The van der Waals surface area contributed by atoms with Crippen LogP contribution in [-0.2, 0) is 13.0 Å². The fourth-order valence-electron chi connectivity index (χ4n) is 2.49. The number of hydrogen-bond acceptors (Lipinski definition) is 3. The largest absolute Gasteiger partial charge is 0.303 e. The van der Waals surface area contributed by atoms with Crippen LogP contribution >= 0.6 is 34.7 Å². The lowest BCUT2D eigenvalue weighted by Gasteiger charge is -2.14. The van der Waals surface area contributed by atoms with Gasteiger partial charge in [-0.15, -0.1) is 0 Å². The first kappa shape index (κ1) is 15.7. The van der Waals surface area contributed by atoms with Crippen LogP contribution in [0, 0.1) is 16.8 Å². The lowest BCUT2D eigenvalue weighted by atomic mass is 9.92. The molecular formula is C15H13Cl2FN3S. The van der Waals surface area contributed by atoms with Crippen molar-refractivity contribution in [2.45, 2.75) is 26.8 Å². The molecule has 1 aromatic heterocycles. The van der Waals surface area contributed by atoms with Gasteiger partial charge in [0.25, 0.3) is 0 Å². The van der Waals surface area contributed by atoms with E-state index in [-0.39, 0.29) is 16.1 Å². The third-order valence-electron chi connectivity index (χ3n) is 3.49. The van der Waals surface area contributed by atoms with Gasteiger partial charge in [0.15, 0.2) is 0 Å². The van der Waals surface area contributed by atoms with Crippen LogP contribution in [0.2, 0.25) is 5.02 Å². The van der Waals surface area contributed by atoms with Gasteiger partial charge >= 0.3 is 0 Å². The molecule has 3 nitrogen and oxygen atoms in total. The average molecular weight is 357 g/mol. The van der Waals surface area contributed by atoms with Gasteiger partial charge in [0.2, 0.25) is 4.80 Å². The van der Waals surface area contributed by atoms with E-state index in [2.05, 4.69) is 28.7 Å². The fourth-order valence-corrected chi connectivity index (χ4v) is 3.57. The van der Waals surface area contributed by atoms with Gasteiger partial charge in [-0.3, -0.25) is 0 Å². The summed E-state index contributed by atoms with van der Waals surface area (Å²) in [5, 5.41) is 0.271. The van der Waals surface area contributed by atoms with Crippen molar-refractivity contribution in [3.05, 3.63) is 44.7 Å². The summed E-state index contributed by atoms with van der Waals surface area (Å²) in [6, 6.07) is 2.79. The molecule has 2 aromatic rings. The zero-order valence-corrected chi connectivity index (χ0v) is 14.4. The third-order valence-corrected chi connectivity index (χ3v) is 4.70. The Balaban J connectivity index is 2.10. The number of benzene rings is 1. The molecule has 1 radical (unpaired) electrons. The summed E-state index contributed by atoms with van der Waals surface area (Å²) < 4.78 is 20.6. The summed E-state index contributed by atoms with van der Waals surface area (Å²) in [5.41, 5.74) is 3.31. The monoisotopic (exact) mass is 356 g/mol. The van der Waals surface area contributed by atoms with Crippen LogP contribution in [0.15, 0.2) is 17.1 Å². The smallest absolute Gasteiger partial charge is 0.209 e. The Labute approximate surface area is 141 Å². The molecule has 1 aliphatic heterocycles. The molecule has 0 bridgehead atoms. The van der Waals surface area contributed by atoms with Crippen LogP contribution in [0.25, 0.3) is 6.08 Å². The van der Waals surface area contributed by atoms with E-state index in [0.717, 1.165) is 18.8 Å². The summed E-state index contributed by atoms with van der Waals surface area (Å²) >= 11 is 12.7. The third kappa shape index (κ3) is 2.98. The van der Waals surface area contributed by atoms with E-state index in [1.165, 1.54) is 23.7 Å². The topological polar surface area (TPSA) is 30.2 Å². The predicted molar refractivity (Wildman–Crippen MR) is 87.8 cm³/mol. The van der Waals surface area contributed by atoms with E-state index in [9.17, 15) is 4.39 Å². The van der Waals surface area contributed by atoms with Gasteiger partial charge in [0, 0.05) is 24.5 Å². The van der Waals surface area contributed by atoms with Crippen LogP contribution in [0.5, 0.6) is 0 Å². The van der Waals surface area contributed by atoms with E-state index >= 15 is 0 Å². The highest BCUT2D eigenvalue weighted by Gasteiger charge is 2.30. The number of nitrogens with zero attached hydrogens (tertiary/aromatic N) is 3. The molecule has 1 aliphatic rings. The average Bonchev–Trinajstić information content (AvgIpc) is 2.92. The Morgan fingerprint density at radius 1 is 1.50 bits per heavy atom. The zero-order valence-electron chi connectivity index (χ0n) is 12.0. The molecule has 2 heterocycles. The standard InChI is InChI=1S/C15H13Cl2FN3S/c1-15(2)7-13-20-22-14(21(13)8-15)19-12-5-9(3-4-16)10(17)6-11(12)18/h3,5-6H,7-8H2,1-2H3. The van der Waals surface area contributed by atoms with Gasteiger partial charge in [-0.05, 0) is 29.2 Å². The molecule has 0 N–H and O–H groups in total. The van der Waals surface area contributed by atoms with Gasteiger partial charge in [0.05, 0.1) is 10.6 Å². The van der Waals surface area contributed by atoms with Crippen molar-refractivity contribution < 1.29 is 4.39 Å². The Bertz CT molecular complexity index is 821. The Morgan fingerprint density at radius 3 is 3.00 bits per heavy atom. The van der Waals surface area contributed by atoms with Crippen LogP contribution in [0.4, 0.5) is 10.1 Å². The second kappa shape index (κ2) is 5.80. The molecular weight excluding hydrogens is 344 g/mol. The quantitative estimate of drug-likeness (QED) is 0.775. The summed E-state index contributed by atoms with van der Waals surface area (Å²) in [6.45, 7) is 5.19. The number of rotatable bonds is 2. The molecule has 0 fully saturated rings. The first-order chi connectivity index (χ1) is 10.4. The highest BCUT2D eigenvalue weighted by Crippen LogP contribution is 2.30. The Kier molecular flexibility index (Phi) is 4.14. The second-order valence-electron chi connectivity index (χ2n) is 6.00. The van der Waals surface area contributed by atoms with E-state index in [1.54, 1.807) is 6.07 Å². The minimum atomic E-state index is -0.475. The zero-order chi connectivity index (χ0) is 15.9. The first-order valence-electron chi connectivity index (χ1n) is 6.68. The molecule has 22 heavy (non-hydrogen) atoms. The maximum atomic E-state index is 14.1. The van der Waals surface area contributed by atoms with Crippen molar-refractivity contribution in [1.29, 1.82) is 0 Å². The van der Waals surface area contributed by atoms with E-state index in [0.29, 0.717) is 10.4 Å². The minimum absolute atomic E-state index is 0.153. The van der Waals surface area contributed by atoms with Crippen LogP contribution in [0.1, 0.15) is 25.2 Å². The SMILES string of the molecule is CC1(C)Cc2nsc(=Nc3cc(/C=[C]/Cl)c(Cl)cc3F)n2C1. The molecule has 3 rings (SSSR count). The molecule has 1 aromatic carbocycles. The summed E-state index contributed by atoms with van der Waals surface area (Å²) in [5.74, 6) is 0.522. The second-order valence-corrected chi connectivity index (χ2v) is 7.35. The van der Waals surface area contributed by atoms with E-state index in [1.807, 2.05) is 4.57 Å². The maximum Gasteiger partial charge on any atom is 0.209 e. The molecule has 115 valence electrons. The summed E-state index contributed by atoms with van der Waals surface area (Å²) in [7, 11) is 0. The molecule has 0 saturated carbocycles. The van der Waals surface area contributed by atoms with Crippen molar-refractivity contribution in [3.63, 3.8) is 0 Å². The number of hydrogen-bond donors (Lipinski definition) is 0. The highest BCUT2D eigenvalue weighted by molar-refractivity contribution is 7.02. The lowest BCUT2D eigenvalue weighted by molar-refractivity contribution is 0.356. The molecule has 0 unspecified atom stereocenters. The normalized spacial score (nSPS) is 17.4. The number of fused-ring (bicyclic) bond motifs is 1. The molecule has 0 saturated heterocycles. The molecule has 0 spiro atoms. The van der Waals surface area contributed by atoms with Crippen molar-refractivity contribution in [2.24, 2.45) is 10.4 Å². The number of halogens is 3. The maximum absolute atomic E-state index is 14.1. The lowest BCUT2D eigenvalue weighted by Crippen LogP contribution is -2.19. The first-order valence-corrected chi connectivity index (χ1v) is 8.21. The molecule has 0 aliphatic carbocycles. The van der Waals surface area contributed by atoms with Gasteiger partial charge in [-0.25, -0.2) is 9.38 Å². The van der Waals surface area contributed by atoms with Gasteiger partial charge in [-0.2, -0.15) is 4.37 Å². The van der Waals surface area contributed by atoms with Gasteiger partial charge in [-0.1, -0.05) is 37.0 Å². The van der Waals surface area contributed by atoms with Crippen LogP contribution < -0.4 is 4.80 Å². The molecule has 0 amide bonds. The van der Waals surface area contributed by atoms with Crippen molar-refractivity contribution in [3.8, 4) is 0 Å². The molecule has 0 atom stereocenters. The Morgan fingerprint density at radius 2 is 2.27 bits per heavy atom. The van der Waals surface area contributed by atoms with Crippen molar-refractivity contribution >= 4 is 46.5 Å². The van der Waals surface area contributed by atoms with Crippen molar-refractivity contribution in [2.75, 3.05) is 0 Å². The summed E-state index contributed by atoms with van der Waals surface area (Å²) in [6.07, 6.45) is 2.38. The Hall–Kier alpha value is -1.17.